The van der Waals surface area contributed by atoms with Crippen LogP contribution in [0.15, 0.2) is 48.5 Å². The predicted octanol–water partition coefficient (Wildman–Crippen LogP) is 4.30. The summed E-state index contributed by atoms with van der Waals surface area (Å²) in [6.07, 6.45) is 2.38. The first-order chi connectivity index (χ1) is 10.3. The lowest BCUT2D eigenvalue weighted by Crippen LogP contribution is -2.28. The van der Waals surface area contributed by atoms with Crippen LogP contribution in [-0.2, 0) is 0 Å². The molecule has 1 aliphatic rings. The fourth-order valence-electron chi connectivity index (χ4n) is 2.85. The number of hydrogen-bond acceptors (Lipinski definition) is 3. The molecule has 2 unspecified atom stereocenters. The largest absolute Gasteiger partial charge is 0.488 e. The minimum Gasteiger partial charge on any atom is -0.488 e. The van der Waals surface area contributed by atoms with Gasteiger partial charge >= 0.3 is 0 Å². The normalized spacial score (nSPS) is 19.9. The van der Waals surface area contributed by atoms with Gasteiger partial charge in [-0.15, -0.1) is 0 Å². The Hall–Kier alpha value is -2.00. The first kappa shape index (κ1) is 14.0. The third-order valence-corrected chi connectivity index (χ3v) is 3.83. The van der Waals surface area contributed by atoms with Crippen molar-refractivity contribution in [3.8, 4) is 17.2 Å². The predicted molar refractivity (Wildman–Crippen MR) is 84.1 cm³/mol. The highest BCUT2D eigenvalue weighted by atomic mass is 16.5. The SMILES string of the molecule is CCCC1Oc2ccc(Oc3ccccc3)cc2C1NC. The maximum absolute atomic E-state index is 6.04. The lowest BCUT2D eigenvalue weighted by Gasteiger charge is -2.17. The molecule has 2 atom stereocenters. The van der Waals surface area contributed by atoms with Crippen LogP contribution in [0.4, 0.5) is 0 Å². The fraction of sp³-hybridized carbons (Fsp3) is 0.333. The molecule has 0 amide bonds. The Bertz CT molecular complexity index is 597. The van der Waals surface area contributed by atoms with Gasteiger partial charge in [-0.2, -0.15) is 0 Å². The Balaban J connectivity index is 1.84. The number of rotatable bonds is 5. The first-order valence-electron chi connectivity index (χ1n) is 7.52. The molecule has 1 aliphatic heterocycles. The smallest absolute Gasteiger partial charge is 0.128 e. The van der Waals surface area contributed by atoms with Crippen molar-refractivity contribution in [2.75, 3.05) is 7.05 Å². The second-order valence-electron chi connectivity index (χ2n) is 5.33. The van der Waals surface area contributed by atoms with E-state index < -0.39 is 0 Å². The molecule has 2 aromatic carbocycles. The van der Waals surface area contributed by atoms with Crippen LogP contribution in [0.3, 0.4) is 0 Å². The second kappa shape index (κ2) is 6.19. The summed E-state index contributed by atoms with van der Waals surface area (Å²) in [5.41, 5.74) is 1.18. The molecule has 0 radical (unpaired) electrons. The minimum absolute atomic E-state index is 0.210. The van der Waals surface area contributed by atoms with Crippen molar-refractivity contribution in [1.29, 1.82) is 0 Å². The van der Waals surface area contributed by atoms with Gasteiger partial charge in [-0.3, -0.25) is 0 Å². The number of hydrogen-bond donors (Lipinski definition) is 1. The molecule has 0 aromatic heterocycles. The first-order valence-corrected chi connectivity index (χ1v) is 7.52. The summed E-state index contributed by atoms with van der Waals surface area (Å²) in [7, 11) is 1.98. The lowest BCUT2D eigenvalue weighted by molar-refractivity contribution is 0.182. The van der Waals surface area contributed by atoms with Gasteiger partial charge in [0.25, 0.3) is 0 Å². The van der Waals surface area contributed by atoms with E-state index in [1.165, 1.54) is 5.56 Å². The number of nitrogens with one attached hydrogen (secondary N) is 1. The average Bonchev–Trinajstić information content (AvgIpc) is 2.85. The van der Waals surface area contributed by atoms with Crippen LogP contribution < -0.4 is 14.8 Å². The van der Waals surface area contributed by atoms with Gasteiger partial charge in [0.1, 0.15) is 23.4 Å². The van der Waals surface area contributed by atoms with E-state index in [9.17, 15) is 0 Å². The summed E-state index contributed by atoms with van der Waals surface area (Å²) < 4.78 is 11.9. The number of para-hydroxylation sites is 1. The third kappa shape index (κ3) is 2.88. The average molecular weight is 283 g/mol. The highest BCUT2D eigenvalue weighted by Crippen LogP contribution is 2.40. The zero-order valence-electron chi connectivity index (χ0n) is 12.5. The topological polar surface area (TPSA) is 30.5 Å². The molecule has 1 N–H and O–H groups in total. The van der Waals surface area contributed by atoms with Crippen molar-refractivity contribution in [2.24, 2.45) is 0 Å². The van der Waals surface area contributed by atoms with E-state index in [1.54, 1.807) is 0 Å². The maximum Gasteiger partial charge on any atom is 0.128 e. The lowest BCUT2D eigenvalue weighted by atomic mass is 10.0. The fourth-order valence-corrected chi connectivity index (χ4v) is 2.85. The van der Waals surface area contributed by atoms with Crippen molar-refractivity contribution < 1.29 is 9.47 Å². The molecule has 3 heteroatoms. The monoisotopic (exact) mass is 283 g/mol. The molecular formula is C18H21NO2. The van der Waals surface area contributed by atoms with Crippen LogP contribution in [0.25, 0.3) is 0 Å². The van der Waals surface area contributed by atoms with E-state index in [-0.39, 0.29) is 12.1 Å². The molecule has 110 valence electrons. The van der Waals surface area contributed by atoms with Crippen LogP contribution >= 0.6 is 0 Å². The van der Waals surface area contributed by atoms with Gasteiger partial charge in [-0.1, -0.05) is 31.5 Å². The molecule has 0 saturated heterocycles. The van der Waals surface area contributed by atoms with Crippen LogP contribution in [0.5, 0.6) is 17.2 Å². The van der Waals surface area contributed by atoms with Crippen LogP contribution in [0, 0.1) is 0 Å². The van der Waals surface area contributed by atoms with Crippen LogP contribution in [-0.4, -0.2) is 13.2 Å². The number of fused-ring (bicyclic) bond motifs is 1. The van der Waals surface area contributed by atoms with E-state index in [1.807, 2.05) is 49.5 Å². The molecule has 0 bridgehead atoms. The van der Waals surface area contributed by atoms with E-state index >= 15 is 0 Å². The highest BCUT2D eigenvalue weighted by molar-refractivity contribution is 5.46. The molecule has 0 fully saturated rings. The van der Waals surface area contributed by atoms with E-state index in [0.717, 1.165) is 30.1 Å². The molecule has 0 spiro atoms. The zero-order chi connectivity index (χ0) is 14.7. The van der Waals surface area contributed by atoms with Gasteiger partial charge in [0.05, 0.1) is 6.04 Å². The Kier molecular flexibility index (Phi) is 4.11. The maximum atomic E-state index is 6.04. The minimum atomic E-state index is 0.210. The summed E-state index contributed by atoms with van der Waals surface area (Å²) in [6, 6.07) is 16.1. The molecule has 3 rings (SSSR count). The van der Waals surface area contributed by atoms with Crippen molar-refractivity contribution in [3.63, 3.8) is 0 Å². The van der Waals surface area contributed by atoms with Gasteiger partial charge < -0.3 is 14.8 Å². The Labute approximate surface area is 125 Å². The van der Waals surface area contributed by atoms with Crippen LogP contribution in [0.2, 0.25) is 0 Å². The summed E-state index contributed by atoms with van der Waals surface area (Å²) in [5.74, 6) is 2.66. The van der Waals surface area contributed by atoms with Gasteiger partial charge in [0.15, 0.2) is 0 Å². The number of ether oxygens (including phenoxy) is 2. The van der Waals surface area contributed by atoms with E-state index in [2.05, 4.69) is 18.3 Å². The Morgan fingerprint density at radius 2 is 1.90 bits per heavy atom. The van der Waals surface area contributed by atoms with Crippen molar-refractivity contribution >= 4 is 0 Å². The molecule has 3 nitrogen and oxygen atoms in total. The highest BCUT2D eigenvalue weighted by Gasteiger charge is 2.32. The quantitative estimate of drug-likeness (QED) is 0.887. The molecule has 2 aromatic rings. The summed E-state index contributed by atoms with van der Waals surface area (Å²) in [4.78, 5) is 0. The number of likely N-dealkylation sites (N-methyl/N-ethyl adjacent to an activating group) is 1. The van der Waals surface area contributed by atoms with Gasteiger partial charge in [-0.05, 0) is 43.8 Å². The Morgan fingerprint density at radius 1 is 1.10 bits per heavy atom. The standard InChI is InChI=1S/C18H21NO2/c1-3-7-17-18(19-2)15-12-14(10-11-16(15)21-17)20-13-8-5-4-6-9-13/h4-6,8-12,17-19H,3,7H2,1-2H3. The molecule has 21 heavy (non-hydrogen) atoms. The molecular weight excluding hydrogens is 262 g/mol. The van der Waals surface area contributed by atoms with Crippen molar-refractivity contribution in [1.82, 2.24) is 5.32 Å². The summed E-state index contributed by atoms with van der Waals surface area (Å²) in [6.45, 7) is 2.18. The summed E-state index contributed by atoms with van der Waals surface area (Å²) in [5, 5.41) is 3.37. The van der Waals surface area contributed by atoms with Gasteiger partial charge in [-0.25, -0.2) is 0 Å². The molecule has 0 aliphatic carbocycles. The second-order valence-corrected chi connectivity index (χ2v) is 5.33. The Morgan fingerprint density at radius 3 is 2.62 bits per heavy atom. The zero-order valence-corrected chi connectivity index (χ0v) is 12.5. The summed E-state index contributed by atoms with van der Waals surface area (Å²) >= 11 is 0. The third-order valence-electron chi connectivity index (χ3n) is 3.83. The number of benzene rings is 2. The van der Waals surface area contributed by atoms with E-state index in [0.29, 0.717) is 0 Å². The van der Waals surface area contributed by atoms with E-state index in [4.69, 9.17) is 9.47 Å². The molecule has 1 heterocycles. The van der Waals surface area contributed by atoms with Gasteiger partial charge in [0, 0.05) is 5.56 Å². The van der Waals surface area contributed by atoms with Gasteiger partial charge in [0.2, 0.25) is 0 Å². The molecule has 0 saturated carbocycles. The van der Waals surface area contributed by atoms with Crippen molar-refractivity contribution in [2.45, 2.75) is 31.9 Å². The van der Waals surface area contributed by atoms with Crippen LogP contribution in [0.1, 0.15) is 31.4 Å². The van der Waals surface area contributed by atoms with Crippen molar-refractivity contribution in [3.05, 3.63) is 54.1 Å².